The molecule has 0 atom stereocenters. The van der Waals surface area contributed by atoms with Gasteiger partial charge < -0.3 is 0 Å². The zero-order valence-corrected chi connectivity index (χ0v) is 13.8. The molecule has 7 heteroatoms. The fraction of sp³-hybridized carbons (Fsp3) is 0.222. The van der Waals surface area contributed by atoms with Crippen molar-refractivity contribution in [3.8, 4) is 11.3 Å². The van der Waals surface area contributed by atoms with E-state index in [1.54, 1.807) is 18.0 Å². The van der Waals surface area contributed by atoms with E-state index in [4.69, 9.17) is 0 Å². The van der Waals surface area contributed by atoms with E-state index in [-0.39, 0.29) is 43.1 Å². The Balaban J connectivity index is 0.00000112. The molecule has 1 radical (unpaired) electrons. The molecular formula is C9H11N3NaS3. The SMILES string of the molecule is CCSc1nsnc1-c1cccnc1.S.[Na]. The van der Waals surface area contributed by atoms with Crippen LogP contribution in [0.25, 0.3) is 11.3 Å². The van der Waals surface area contributed by atoms with Crippen LogP contribution in [-0.2, 0) is 0 Å². The Hall–Kier alpha value is 0.410. The molecule has 0 spiro atoms. The van der Waals surface area contributed by atoms with Gasteiger partial charge in [0, 0.05) is 47.5 Å². The molecule has 0 bridgehead atoms. The standard InChI is InChI=1S/C9H9N3S2.Na.H2S/c1-2-13-9-8(11-14-12-9)7-4-3-5-10-6-7;;/h3-6H,2H2,1H3;;1H2. The van der Waals surface area contributed by atoms with Crippen LogP contribution < -0.4 is 0 Å². The van der Waals surface area contributed by atoms with E-state index in [1.807, 2.05) is 18.3 Å². The van der Waals surface area contributed by atoms with Crippen LogP contribution in [0.3, 0.4) is 0 Å². The summed E-state index contributed by atoms with van der Waals surface area (Å²) in [6, 6.07) is 3.92. The zero-order valence-electron chi connectivity index (χ0n) is 9.17. The third-order valence-corrected chi connectivity index (χ3v) is 3.17. The van der Waals surface area contributed by atoms with Crippen molar-refractivity contribution in [2.24, 2.45) is 0 Å². The van der Waals surface area contributed by atoms with E-state index in [1.165, 1.54) is 11.7 Å². The second-order valence-corrected chi connectivity index (χ2v) is 4.37. The van der Waals surface area contributed by atoms with Gasteiger partial charge >= 0.3 is 0 Å². The quantitative estimate of drug-likeness (QED) is 0.639. The summed E-state index contributed by atoms with van der Waals surface area (Å²) in [6.45, 7) is 2.11. The Morgan fingerprint density at radius 1 is 1.38 bits per heavy atom. The van der Waals surface area contributed by atoms with Gasteiger partial charge in [0.15, 0.2) is 0 Å². The first kappa shape index (κ1) is 16.4. The van der Waals surface area contributed by atoms with Crippen molar-refractivity contribution in [1.82, 2.24) is 13.7 Å². The second kappa shape index (κ2) is 8.49. The summed E-state index contributed by atoms with van der Waals surface area (Å²) < 4.78 is 8.52. The van der Waals surface area contributed by atoms with Gasteiger partial charge in [-0.05, 0) is 17.9 Å². The van der Waals surface area contributed by atoms with Gasteiger partial charge in [-0.2, -0.15) is 22.2 Å². The van der Waals surface area contributed by atoms with Gasteiger partial charge in [-0.3, -0.25) is 4.98 Å². The van der Waals surface area contributed by atoms with Crippen molar-refractivity contribution in [2.75, 3.05) is 5.75 Å². The molecule has 0 saturated heterocycles. The minimum absolute atomic E-state index is 0. The van der Waals surface area contributed by atoms with Crippen LogP contribution in [0, 0.1) is 0 Å². The Kier molecular flexibility index (Phi) is 8.71. The fourth-order valence-electron chi connectivity index (χ4n) is 1.09. The van der Waals surface area contributed by atoms with Crippen LogP contribution in [0.2, 0.25) is 0 Å². The summed E-state index contributed by atoms with van der Waals surface area (Å²) >= 11 is 2.96. The van der Waals surface area contributed by atoms with E-state index >= 15 is 0 Å². The number of hydrogen-bond acceptors (Lipinski definition) is 5. The number of pyridine rings is 1. The van der Waals surface area contributed by atoms with Crippen molar-refractivity contribution in [2.45, 2.75) is 11.9 Å². The van der Waals surface area contributed by atoms with Crippen molar-refractivity contribution in [3.05, 3.63) is 24.5 Å². The zero-order chi connectivity index (χ0) is 9.80. The molecule has 0 aliphatic heterocycles. The average molecular weight is 280 g/mol. The van der Waals surface area contributed by atoms with Crippen LogP contribution in [-0.4, -0.2) is 49.0 Å². The molecule has 0 aliphatic carbocycles. The molecule has 0 unspecified atom stereocenters. The van der Waals surface area contributed by atoms with Gasteiger partial charge in [0.05, 0.1) is 11.7 Å². The Morgan fingerprint density at radius 3 is 2.81 bits per heavy atom. The number of hydrogen-bond donors (Lipinski definition) is 0. The van der Waals surface area contributed by atoms with E-state index in [9.17, 15) is 0 Å². The average Bonchev–Trinajstić information content (AvgIpc) is 2.68. The predicted molar refractivity (Wildman–Crippen MR) is 75.7 cm³/mol. The van der Waals surface area contributed by atoms with Gasteiger partial charge in [0.2, 0.25) is 0 Å². The first-order chi connectivity index (χ1) is 6.92. The molecule has 2 aromatic heterocycles. The monoisotopic (exact) mass is 280 g/mol. The van der Waals surface area contributed by atoms with Crippen LogP contribution in [0.1, 0.15) is 6.92 Å². The van der Waals surface area contributed by atoms with Gasteiger partial charge in [-0.15, -0.1) is 11.8 Å². The summed E-state index contributed by atoms with van der Waals surface area (Å²) in [7, 11) is 0. The second-order valence-electron chi connectivity index (χ2n) is 2.59. The number of rotatable bonds is 3. The van der Waals surface area contributed by atoms with Crippen molar-refractivity contribution >= 4 is 66.5 Å². The van der Waals surface area contributed by atoms with Gasteiger partial charge in [0.1, 0.15) is 10.7 Å². The molecule has 3 nitrogen and oxygen atoms in total. The molecule has 2 aromatic rings. The largest absolute Gasteiger partial charge is 0.264 e. The molecule has 0 saturated carbocycles. The number of thioether (sulfide) groups is 1. The fourth-order valence-corrected chi connectivity index (χ4v) is 2.51. The van der Waals surface area contributed by atoms with Crippen LogP contribution in [0.4, 0.5) is 0 Å². The normalized spacial score (nSPS) is 9.06. The van der Waals surface area contributed by atoms with Crippen LogP contribution in [0.15, 0.2) is 29.6 Å². The van der Waals surface area contributed by atoms with Crippen LogP contribution >= 0.6 is 37.0 Å². The first-order valence-corrected chi connectivity index (χ1v) is 5.99. The Morgan fingerprint density at radius 2 is 2.19 bits per heavy atom. The third kappa shape index (κ3) is 4.01. The third-order valence-electron chi connectivity index (χ3n) is 1.67. The summed E-state index contributed by atoms with van der Waals surface area (Å²) in [4.78, 5) is 4.07. The number of nitrogens with zero attached hydrogens (tertiary/aromatic N) is 3. The maximum Gasteiger partial charge on any atom is 0.138 e. The maximum atomic E-state index is 4.27. The minimum Gasteiger partial charge on any atom is -0.264 e. The molecule has 0 amide bonds. The van der Waals surface area contributed by atoms with Crippen molar-refractivity contribution in [1.29, 1.82) is 0 Å². The van der Waals surface area contributed by atoms with E-state index in [0.717, 1.165) is 22.0 Å². The van der Waals surface area contributed by atoms with Gasteiger partial charge in [-0.25, -0.2) is 0 Å². The van der Waals surface area contributed by atoms with E-state index < -0.39 is 0 Å². The molecule has 0 fully saturated rings. The molecule has 16 heavy (non-hydrogen) atoms. The van der Waals surface area contributed by atoms with Gasteiger partial charge in [-0.1, -0.05) is 6.92 Å². The van der Waals surface area contributed by atoms with Crippen molar-refractivity contribution in [3.63, 3.8) is 0 Å². The molecule has 81 valence electrons. The van der Waals surface area contributed by atoms with Crippen molar-refractivity contribution < 1.29 is 0 Å². The number of aromatic nitrogens is 3. The minimum atomic E-state index is 0. The molecule has 2 heterocycles. The molecule has 0 aromatic carbocycles. The maximum absolute atomic E-state index is 4.27. The first-order valence-electron chi connectivity index (χ1n) is 4.27. The summed E-state index contributed by atoms with van der Waals surface area (Å²) in [5.41, 5.74) is 1.99. The Bertz CT molecular complexity index is 407. The topological polar surface area (TPSA) is 38.7 Å². The molecule has 0 aliphatic rings. The van der Waals surface area contributed by atoms with Gasteiger partial charge in [0.25, 0.3) is 0 Å². The molecule has 2 rings (SSSR count). The predicted octanol–water partition coefficient (Wildman–Crippen LogP) is 2.44. The Labute approximate surface area is 133 Å². The molecular weight excluding hydrogens is 269 g/mol. The smallest absolute Gasteiger partial charge is 0.138 e. The summed E-state index contributed by atoms with van der Waals surface area (Å²) in [6.07, 6.45) is 3.58. The summed E-state index contributed by atoms with van der Waals surface area (Å²) in [5.74, 6) is 1.01. The van der Waals surface area contributed by atoms with E-state index in [0.29, 0.717) is 0 Å². The summed E-state index contributed by atoms with van der Waals surface area (Å²) in [5, 5.41) is 1.01. The van der Waals surface area contributed by atoms with E-state index in [2.05, 4.69) is 20.7 Å². The molecule has 0 N–H and O–H groups in total. The van der Waals surface area contributed by atoms with Crippen LogP contribution in [0.5, 0.6) is 0 Å².